The van der Waals surface area contributed by atoms with Crippen LogP contribution in [0.25, 0.3) is 0 Å². The molecule has 0 spiro atoms. The normalized spacial score (nSPS) is 27.8. The third-order valence-corrected chi connectivity index (χ3v) is 5.55. The molecule has 4 heteroatoms. The van der Waals surface area contributed by atoms with E-state index < -0.39 is 0 Å². The number of methoxy groups -OCH3 is 1. The SMILES string of the molecule is COc1ccccc1CC(C)CC(=O)N1CC2CCC(N)C2C1. The van der Waals surface area contributed by atoms with Gasteiger partial charge in [-0.25, -0.2) is 0 Å². The van der Waals surface area contributed by atoms with E-state index in [2.05, 4.69) is 13.0 Å². The lowest BCUT2D eigenvalue weighted by molar-refractivity contribution is -0.131. The van der Waals surface area contributed by atoms with Gasteiger partial charge in [-0.15, -0.1) is 0 Å². The highest BCUT2D eigenvalue weighted by atomic mass is 16.5. The number of hydrogen-bond donors (Lipinski definition) is 1. The molecule has 1 heterocycles. The zero-order chi connectivity index (χ0) is 16.4. The third-order valence-electron chi connectivity index (χ3n) is 5.55. The number of carbonyl (C=O) groups excluding carboxylic acids is 1. The number of rotatable bonds is 5. The monoisotopic (exact) mass is 316 g/mol. The average Bonchev–Trinajstić information content (AvgIpc) is 3.10. The molecule has 126 valence electrons. The number of nitrogens with two attached hydrogens (primary N) is 1. The molecule has 2 fully saturated rings. The van der Waals surface area contributed by atoms with Crippen LogP contribution >= 0.6 is 0 Å². The molecule has 0 aromatic heterocycles. The summed E-state index contributed by atoms with van der Waals surface area (Å²) in [6.07, 6.45) is 3.79. The maximum absolute atomic E-state index is 12.6. The van der Waals surface area contributed by atoms with Gasteiger partial charge >= 0.3 is 0 Å². The van der Waals surface area contributed by atoms with Crippen LogP contribution in [0.4, 0.5) is 0 Å². The van der Waals surface area contributed by atoms with Crippen molar-refractivity contribution in [3.8, 4) is 5.75 Å². The summed E-state index contributed by atoms with van der Waals surface area (Å²) < 4.78 is 5.40. The second-order valence-electron chi connectivity index (χ2n) is 7.29. The summed E-state index contributed by atoms with van der Waals surface area (Å²) in [6, 6.07) is 8.36. The molecule has 23 heavy (non-hydrogen) atoms. The van der Waals surface area contributed by atoms with Crippen LogP contribution in [0.15, 0.2) is 24.3 Å². The average molecular weight is 316 g/mol. The maximum atomic E-state index is 12.6. The van der Waals surface area contributed by atoms with Crippen molar-refractivity contribution in [2.45, 2.75) is 38.6 Å². The number of amides is 1. The van der Waals surface area contributed by atoms with Crippen molar-refractivity contribution in [1.29, 1.82) is 0 Å². The molecule has 4 unspecified atom stereocenters. The van der Waals surface area contributed by atoms with Crippen LogP contribution in [0.2, 0.25) is 0 Å². The number of carbonyl (C=O) groups is 1. The molecule has 1 amide bonds. The predicted molar refractivity (Wildman–Crippen MR) is 91.2 cm³/mol. The standard InChI is InChI=1S/C19H28N2O2/c1-13(9-14-5-3-4-6-18(14)23-2)10-19(22)21-11-15-7-8-17(20)16(15)12-21/h3-6,13,15-17H,7-12,20H2,1-2H3. The molecule has 1 aromatic rings. The van der Waals surface area contributed by atoms with Crippen molar-refractivity contribution < 1.29 is 9.53 Å². The van der Waals surface area contributed by atoms with Crippen LogP contribution in [0.1, 0.15) is 31.7 Å². The number of fused-ring (bicyclic) bond motifs is 1. The smallest absolute Gasteiger partial charge is 0.222 e. The molecule has 4 nitrogen and oxygen atoms in total. The molecule has 0 radical (unpaired) electrons. The Labute approximate surface area is 139 Å². The van der Waals surface area contributed by atoms with Crippen LogP contribution in [0.3, 0.4) is 0 Å². The van der Waals surface area contributed by atoms with Crippen LogP contribution in [0.5, 0.6) is 5.75 Å². The number of likely N-dealkylation sites (tertiary alicyclic amines) is 1. The van der Waals surface area contributed by atoms with Gasteiger partial charge in [0.2, 0.25) is 5.91 Å². The Hall–Kier alpha value is -1.55. The van der Waals surface area contributed by atoms with Gasteiger partial charge in [-0.2, -0.15) is 0 Å². The van der Waals surface area contributed by atoms with Crippen molar-refractivity contribution in [1.82, 2.24) is 4.90 Å². The van der Waals surface area contributed by atoms with E-state index in [4.69, 9.17) is 10.5 Å². The van der Waals surface area contributed by atoms with Crippen LogP contribution in [0, 0.1) is 17.8 Å². The number of benzene rings is 1. The molecule has 1 saturated carbocycles. The zero-order valence-electron chi connectivity index (χ0n) is 14.2. The lowest BCUT2D eigenvalue weighted by atomic mass is 9.97. The number of ether oxygens (including phenoxy) is 1. The quantitative estimate of drug-likeness (QED) is 0.908. The van der Waals surface area contributed by atoms with Gasteiger partial charge < -0.3 is 15.4 Å². The van der Waals surface area contributed by atoms with Gasteiger partial charge in [0.05, 0.1) is 7.11 Å². The molecule has 4 atom stereocenters. The molecule has 1 aliphatic carbocycles. The summed E-state index contributed by atoms with van der Waals surface area (Å²) in [4.78, 5) is 14.6. The Morgan fingerprint density at radius 2 is 2.13 bits per heavy atom. The van der Waals surface area contributed by atoms with E-state index in [9.17, 15) is 4.79 Å². The topological polar surface area (TPSA) is 55.6 Å². The molecule has 1 aromatic carbocycles. The Morgan fingerprint density at radius 1 is 1.35 bits per heavy atom. The second kappa shape index (κ2) is 6.91. The Balaban J connectivity index is 1.54. The lowest BCUT2D eigenvalue weighted by Crippen LogP contribution is -2.34. The molecule has 0 bridgehead atoms. The largest absolute Gasteiger partial charge is 0.496 e. The van der Waals surface area contributed by atoms with Gasteiger partial charge in [-0.05, 0) is 48.6 Å². The first kappa shape index (κ1) is 16.3. The van der Waals surface area contributed by atoms with Crippen molar-refractivity contribution in [3.05, 3.63) is 29.8 Å². The highest BCUT2D eigenvalue weighted by Crippen LogP contribution is 2.37. The number of hydrogen-bond acceptors (Lipinski definition) is 3. The van der Waals surface area contributed by atoms with Gasteiger partial charge in [0.25, 0.3) is 0 Å². The first-order valence-electron chi connectivity index (χ1n) is 8.73. The van der Waals surface area contributed by atoms with E-state index in [1.54, 1.807) is 7.11 Å². The Kier molecular flexibility index (Phi) is 4.90. The molecule has 1 saturated heterocycles. The Morgan fingerprint density at radius 3 is 2.87 bits per heavy atom. The van der Waals surface area contributed by atoms with Crippen molar-refractivity contribution in [2.75, 3.05) is 20.2 Å². The summed E-state index contributed by atoms with van der Waals surface area (Å²) >= 11 is 0. The van der Waals surface area contributed by atoms with Crippen molar-refractivity contribution in [2.24, 2.45) is 23.5 Å². The third kappa shape index (κ3) is 3.52. The fourth-order valence-corrected chi connectivity index (χ4v) is 4.26. The minimum absolute atomic E-state index is 0.286. The minimum Gasteiger partial charge on any atom is -0.496 e. The van der Waals surface area contributed by atoms with Crippen LogP contribution in [-0.2, 0) is 11.2 Å². The predicted octanol–water partition coefficient (Wildman–Crippen LogP) is 2.46. The second-order valence-corrected chi connectivity index (χ2v) is 7.29. The van der Waals surface area contributed by atoms with E-state index in [1.807, 2.05) is 23.1 Å². The lowest BCUT2D eigenvalue weighted by Gasteiger charge is -2.21. The molecule has 2 N–H and O–H groups in total. The summed E-state index contributed by atoms with van der Waals surface area (Å²) in [7, 11) is 1.70. The van der Waals surface area contributed by atoms with Crippen molar-refractivity contribution in [3.63, 3.8) is 0 Å². The zero-order valence-corrected chi connectivity index (χ0v) is 14.2. The molecular formula is C19H28N2O2. The van der Waals surface area contributed by atoms with Gasteiger partial charge in [0, 0.05) is 25.6 Å². The molecule has 2 aliphatic rings. The van der Waals surface area contributed by atoms with Crippen LogP contribution < -0.4 is 10.5 Å². The minimum atomic E-state index is 0.286. The molecule has 3 rings (SSSR count). The van der Waals surface area contributed by atoms with Crippen LogP contribution in [-0.4, -0.2) is 37.0 Å². The van der Waals surface area contributed by atoms with Gasteiger partial charge in [0.1, 0.15) is 5.75 Å². The van der Waals surface area contributed by atoms with E-state index >= 15 is 0 Å². The summed E-state index contributed by atoms with van der Waals surface area (Å²) in [5.74, 6) is 2.68. The van der Waals surface area contributed by atoms with E-state index in [1.165, 1.54) is 12.0 Å². The maximum Gasteiger partial charge on any atom is 0.222 e. The summed E-state index contributed by atoms with van der Waals surface area (Å²) in [5, 5.41) is 0. The fraction of sp³-hybridized carbons (Fsp3) is 0.632. The Bertz CT molecular complexity index is 560. The molecule has 1 aliphatic heterocycles. The first-order chi connectivity index (χ1) is 11.1. The molecular weight excluding hydrogens is 288 g/mol. The van der Waals surface area contributed by atoms with Crippen molar-refractivity contribution >= 4 is 5.91 Å². The van der Waals surface area contributed by atoms with Gasteiger partial charge in [0.15, 0.2) is 0 Å². The highest BCUT2D eigenvalue weighted by Gasteiger charge is 2.42. The first-order valence-corrected chi connectivity index (χ1v) is 8.73. The number of para-hydroxylation sites is 1. The van der Waals surface area contributed by atoms with E-state index in [0.29, 0.717) is 30.2 Å². The number of nitrogens with zero attached hydrogens (tertiary/aromatic N) is 1. The van der Waals surface area contributed by atoms with Gasteiger partial charge in [-0.3, -0.25) is 4.79 Å². The van der Waals surface area contributed by atoms with E-state index in [-0.39, 0.29) is 5.91 Å². The summed E-state index contributed by atoms with van der Waals surface area (Å²) in [6.45, 7) is 3.93. The van der Waals surface area contributed by atoms with E-state index in [0.717, 1.165) is 31.7 Å². The van der Waals surface area contributed by atoms with Gasteiger partial charge in [-0.1, -0.05) is 25.1 Å². The highest BCUT2D eigenvalue weighted by molar-refractivity contribution is 5.76. The summed E-state index contributed by atoms with van der Waals surface area (Å²) in [5.41, 5.74) is 7.34. The fourth-order valence-electron chi connectivity index (χ4n) is 4.26.